The van der Waals surface area contributed by atoms with E-state index in [4.69, 9.17) is 4.74 Å². The zero-order chi connectivity index (χ0) is 10.9. The topological polar surface area (TPSA) is 24.5 Å². The Morgan fingerprint density at radius 2 is 2.20 bits per heavy atom. The van der Waals surface area contributed by atoms with Crippen LogP contribution in [0.3, 0.4) is 0 Å². The van der Waals surface area contributed by atoms with Crippen LogP contribution >= 0.6 is 0 Å². The summed E-state index contributed by atoms with van der Waals surface area (Å²) < 4.78 is 5.20. The van der Waals surface area contributed by atoms with Crippen molar-refractivity contribution >= 4 is 0 Å². The predicted molar refractivity (Wildman–Crippen MR) is 64.2 cm³/mol. The van der Waals surface area contributed by atoms with Crippen molar-refractivity contribution in [2.75, 3.05) is 46.9 Å². The van der Waals surface area contributed by atoms with E-state index in [1.807, 2.05) is 7.05 Å². The van der Waals surface area contributed by atoms with Crippen LogP contribution in [-0.4, -0.2) is 51.8 Å². The highest BCUT2D eigenvalue weighted by atomic mass is 16.5. The molecule has 3 nitrogen and oxygen atoms in total. The summed E-state index contributed by atoms with van der Waals surface area (Å²) in [6, 6.07) is 0. The van der Waals surface area contributed by atoms with Crippen molar-refractivity contribution in [3.63, 3.8) is 0 Å². The second-order valence-electron chi connectivity index (χ2n) is 4.57. The smallest absolute Gasteiger partial charge is 0.0503 e. The fraction of sp³-hybridized carbons (Fsp3) is 1.00. The first-order valence-corrected chi connectivity index (χ1v) is 6.22. The van der Waals surface area contributed by atoms with E-state index >= 15 is 0 Å². The molecule has 0 amide bonds. The first kappa shape index (κ1) is 12.9. The van der Waals surface area contributed by atoms with E-state index in [9.17, 15) is 0 Å². The predicted octanol–water partition coefficient (Wildman–Crippen LogP) is 1.34. The standard InChI is InChI=1S/C12H26N2O/c1-13-7-4-3-5-8-14-9-6-12(10-14)11-15-2/h12-13H,3-11H2,1-2H3. The Labute approximate surface area is 94.2 Å². The maximum Gasteiger partial charge on any atom is 0.0503 e. The quantitative estimate of drug-likeness (QED) is 0.617. The minimum atomic E-state index is 0.785. The average molecular weight is 214 g/mol. The van der Waals surface area contributed by atoms with Crippen molar-refractivity contribution < 1.29 is 4.74 Å². The van der Waals surface area contributed by atoms with Gasteiger partial charge in [-0.05, 0) is 51.9 Å². The molecule has 1 aliphatic rings. The fourth-order valence-electron chi connectivity index (χ4n) is 2.30. The number of likely N-dealkylation sites (tertiary alicyclic amines) is 1. The van der Waals surface area contributed by atoms with Gasteiger partial charge in [-0.15, -0.1) is 0 Å². The van der Waals surface area contributed by atoms with E-state index in [1.54, 1.807) is 7.11 Å². The van der Waals surface area contributed by atoms with Gasteiger partial charge in [0.2, 0.25) is 0 Å². The Kier molecular flexibility index (Phi) is 6.98. The van der Waals surface area contributed by atoms with Crippen LogP contribution < -0.4 is 5.32 Å². The van der Waals surface area contributed by atoms with E-state index in [2.05, 4.69) is 10.2 Å². The van der Waals surface area contributed by atoms with Crippen LogP contribution in [0.15, 0.2) is 0 Å². The summed E-state index contributed by atoms with van der Waals surface area (Å²) >= 11 is 0. The molecule has 0 bridgehead atoms. The lowest BCUT2D eigenvalue weighted by molar-refractivity contribution is 0.153. The number of nitrogens with zero attached hydrogens (tertiary/aromatic N) is 1. The highest BCUT2D eigenvalue weighted by Gasteiger charge is 2.21. The van der Waals surface area contributed by atoms with Crippen molar-refractivity contribution in [3.05, 3.63) is 0 Å². The lowest BCUT2D eigenvalue weighted by Gasteiger charge is -2.15. The number of unbranched alkanes of at least 4 members (excludes halogenated alkanes) is 2. The Morgan fingerprint density at radius 3 is 2.93 bits per heavy atom. The molecule has 1 fully saturated rings. The van der Waals surface area contributed by atoms with E-state index in [0.29, 0.717) is 0 Å². The Bertz CT molecular complexity index is 153. The molecule has 1 N–H and O–H groups in total. The summed E-state index contributed by atoms with van der Waals surface area (Å²) in [7, 11) is 3.83. The van der Waals surface area contributed by atoms with Gasteiger partial charge in [-0.3, -0.25) is 0 Å². The van der Waals surface area contributed by atoms with E-state index in [0.717, 1.165) is 19.1 Å². The molecule has 0 saturated carbocycles. The third-order valence-electron chi connectivity index (χ3n) is 3.17. The summed E-state index contributed by atoms with van der Waals surface area (Å²) in [6.45, 7) is 5.91. The summed E-state index contributed by atoms with van der Waals surface area (Å²) in [5.41, 5.74) is 0. The zero-order valence-electron chi connectivity index (χ0n) is 10.3. The molecule has 1 unspecified atom stereocenters. The van der Waals surface area contributed by atoms with Crippen LogP contribution in [0.2, 0.25) is 0 Å². The van der Waals surface area contributed by atoms with Crippen LogP contribution in [0.4, 0.5) is 0 Å². The van der Waals surface area contributed by atoms with Crippen molar-refractivity contribution in [3.8, 4) is 0 Å². The molecule has 0 spiro atoms. The number of rotatable bonds is 8. The minimum Gasteiger partial charge on any atom is -0.384 e. The van der Waals surface area contributed by atoms with Crippen LogP contribution in [0.25, 0.3) is 0 Å². The molecular weight excluding hydrogens is 188 g/mol. The maximum atomic E-state index is 5.20. The molecule has 0 aliphatic carbocycles. The number of hydrogen-bond acceptors (Lipinski definition) is 3. The minimum absolute atomic E-state index is 0.785. The highest BCUT2D eigenvalue weighted by molar-refractivity contribution is 4.74. The monoisotopic (exact) mass is 214 g/mol. The van der Waals surface area contributed by atoms with Crippen LogP contribution in [0.1, 0.15) is 25.7 Å². The molecule has 1 heterocycles. The first-order valence-electron chi connectivity index (χ1n) is 6.22. The first-order chi connectivity index (χ1) is 7.36. The normalized spacial score (nSPS) is 22.4. The molecule has 15 heavy (non-hydrogen) atoms. The number of hydrogen-bond donors (Lipinski definition) is 1. The molecule has 0 aromatic carbocycles. The molecular formula is C12H26N2O. The van der Waals surface area contributed by atoms with Crippen LogP contribution in [-0.2, 0) is 4.74 Å². The van der Waals surface area contributed by atoms with Gasteiger partial charge in [-0.25, -0.2) is 0 Å². The molecule has 0 aromatic rings. The molecule has 1 aliphatic heterocycles. The lowest BCUT2D eigenvalue weighted by atomic mass is 10.1. The van der Waals surface area contributed by atoms with Crippen molar-refractivity contribution in [1.29, 1.82) is 0 Å². The van der Waals surface area contributed by atoms with Gasteiger partial charge in [-0.1, -0.05) is 6.42 Å². The van der Waals surface area contributed by atoms with Gasteiger partial charge < -0.3 is 15.0 Å². The van der Waals surface area contributed by atoms with Crippen molar-refractivity contribution in [1.82, 2.24) is 10.2 Å². The van der Waals surface area contributed by atoms with Gasteiger partial charge >= 0.3 is 0 Å². The molecule has 1 rings (SSSR count). The Balaban J connectivity index is 1.94. The number of nitrogens with one attached hydrogen (secondary N) is 1. The molecule has 90 valence electrons. The largest absolute Gasteiger partial charge is 0.384 e. The summed E-state index contributed by atoms with van der Waals surface area (Å²) in [5.74, 6) is 0.785. The van der Waals surface area contributed by atoms with E-state index < -0.39 is 0 Å². The fourth-order valence-corrected chi connectivity index (χ4v) is 2.30. The molecule has 0 radical (unpaired) electrons. The molecule has 1 saturated heterocycles. The number of methoxy groups -OCH3 is 1. The van der Waals surface area contributed by atoms with Crippen molar-refractivity contribution in [2.45, 2.75) is 25.7 Å². The van der Waals surface area contributed by atoms with Gasteiger partial charge in [0, 0.05) is 13.7 Å². The second kappa shape index (κ2) is 8.08. The third-order valence-corrected chi connectivity index (χ3v) is 3.17. The maximum absolute atomic E-state index is 5.20. The van der Waals surface area contributed by atoms with Crippen molar-refractivity contribution in [2.24, 2.45) is 5.92 Å². The van der Waals surface area contributed by atoms with Gasteiger partial charge in [-0.2, -0.15) is 0 Å². The molecule has 1 atom stereocenters. The summed E-state index contributed by atoms with van der Waals surface area (Å²) in [5, 5.41) is 3.19. The number of ether oxygens (including phenoxy) is 1. The Hall–Kier alpha value is -0.120. The average Bonchev–Trinajstić information content (AvgIpc) is 2.66. The zero-order valence-corrected chi connectivity index (χ0v) is 10.3. The van der Waals surface area contributed by atoms with Crippen LogP contribution in [0.5, 0.6) is 0 Å². The molecule has 0 aromatic heterocycles. The van der Waals surface area contributed by atoms with Gasteiger partial charge in [0.15, 0.2) is 0 Å². The summed E-state index contributed by atoms with van der Waals surface area (Å²) in [6.07, 6.45) is 5.34. The highest BCUT2D eigenvalue weighted by Crippen LogP contribution is 2.16. The van der Waals surface area contributed by atoms with Crippen LogP contribution in [0, 0.1) is 5.92 Å². The summed E-state index contributed by atoms with van der Waals surface area (Å²) in [4.78, 5) is 2.59. The van der Waals surface area contributed by atoms with E-state index in [-0.39, 0.29) is 0 Å². The van der Waals surface area contributed by atoms with Gasteiger partial charge in [0.25, 0.3) is 0 Å². The third kappa shape index (κ3) is 5.50. The van der Waals surface area contributed by atoms with Gasteiger partial charge in [0.1, 0.15) is 0 Å². The lowest BCUT2D eigenvalue weighted by Crippen LogP contribution is -2.23. The Morgan fingerprint density at radius 1 is 1.33 bits per heavy atom. The second-order valence-corrected chi connectivity index (χ2v) is 4.57. The molecule has 3 heteroatoms. The SMILES string of the molecule is CNCCCCCN1CCC(COC)C1. The van der Waals surface area contributed by atoms with E-state index in [1.165, 1.54) is 45.3 Å². The van der Waals surface area contributed by atoms with Gasteiger partial charge in [0.05, 0.1) is 6.61 Å².